The Bertz CT molecular complexity index is 2760. The molecule has 0 saturated carbocycles. The van der Waals surface area contributed by atoms with Gasteiger partial charge in [-0.25, -0.2) is 9.98 Å². The van der Waals surface area contributed by atoms with E-state index < -0.39 is 18.2 Å². The van der Waals surface area contributed by atoms with Gasteiger partial charge in [0.25, 0.3) is 11.8 Å². The van der Waals surface area contributed by atoms with Crippen molar-refractivity contribution in [3.8, 4) is 22.6 Å². The molecule has 0 radical (unpaired) electrons. The smallest absolute Gasteiger partial charge is 0.485 e. The van der Waals surface area contributed by atoms with Gasteiger partial charge < -0.3 is 31.0 Å². The molecule has 0 aromatic heterocycles. The monoisotopic (exact) mass is 918 g/mol. The second kappa shape index (κ2) is 17.8. The van der Waals surface area contributed by atoms with Crippen LogP contribution in [0.2, 0.25) is 0 Å². The van der Waals surface area contributed by atoms with E-state index in [1.54, 1.807) is 26.2 Å². The molecule has 64 heavy (non-hydrogen) atoms. The molecule has 0 saturated heterocycles. The van der Waals surface area contributed by atoms with Crippen molar-refractivity contribution < 1.29 is 29.1 Å². The van der Waals surface area contributed by atoms with Gasteiger partial charge in [-0.3, -0.25) is 19.4 Å². The van der Waals surface area contributed by atoms with E-state index in [0.717, 1.165) is 43.4 Å². The lowest BCUT2D eigenvalue weighted by molar-refractivity contribution is -0.133. The van der Waals surface area contributed by atoms with Gasteiger partial charge in [0.05, 0.1) is 0 Å². The maximum Gasteiger partial charge on any atom is 0.488 e. The molecule has 0 bridgehead atoms. The first kappa shape index (κ1) is 43.9. The predicted molar refractivity (Wildman–Crippen MR) is 253 cm³/mol. The molecule has 4 aliphatic rings. The number of aryl methyl sites for hydroxylation is 2. The minimum Gasteiger partial charge on any atom is -0.485 e. The minimum atomic E-state index is -1.35. The van der Waals surface area contributed by atoms with Crippen LogP contribution in [0.15, 0.2) is 160 Å². The molecule has 0 aliphatic carbocycles. The summed E-state index contributed by atoms with van der Waals surface area (Å²) in [6.45, 7) is 4.02. The number of aliphatic imine (C=N–C) groups is 2. The Hall–Kier alpha value is -6.74. The second-order valence-electron chi connectivity index (χ2n) is 16.3. The van der Waals surface area contributed by atoms with Crippen molar-refractivity contribution >= 4 is 52.2 Å². The predicted octanol–water partition coefficient (Wildman–Crippen LogP) is 6.80. The fraction of sp³-hybridized carbons (Fsp3) is 0.200. The fourth-order valence-electron chi connectivity index (χ4n) is 8.42. The Labute approximate surface area is 381 Å². The van der Waals surface area contributed by atoms with Crippen LogP contribution < -0.4 is 26.4 Å². The molecule has 4 unspecified atom stereocenters. The van der Waals surface area contributed by atoms with E-state index in [-0.39, 0.29) is 35.9 Å². The van der Waals surface area contributed by atoms with Gasteiger partial charge in [-0.15, -0.1) is 0 Å². The number of amides is 2. The highest BCUT2D eigenvalue weighted by molar-refractivity contribution is 9.10. The zero-order valence-corrected chi connectivity index (χ0v) is 37.4. The molecule has 12 nitrogen and oxygen atoms in total. The zero-order chi connectivity index (χ0) is 45.3. The van der Waals surface area contributed by atoms with E-state index in [0.29, 0.717) is 29.8 Å². The third-order valence-corrected chi connectivity index (χ3v) is 12.5. The van der Waals surface area contributed by atoms with Crippen LogP contribution in [-0.2, 0) is 20.7 Å². The number of nitrogens with two attached hydrogens (primary N) is 2. The number of hydrogen-bond acceptors (Lipinski definition) is 10. The molecular weight excluding hydrogens is 871 g/mol. The minimum absolute atomic E-state index is 0.119. The molecule has 6 aromatic rings. The van der Waals surface area contributed by atoms with E-state index >= 15 is 0 Å². The second-order valence-corrected chi connectivity index (χ2v) is 17.2. The van der Waals surface area contributed by atoms with Gasteiger partial charge in [0.1, 0.15) is 23.7 Å². The van der Waals surface area contributed by atoms with E-state index in [2.05, 4.69) is 52.1 Å². The van der Waals surface area contributed by atoms with Crippen molar-refractivity contribution in [3.63, 3.8) is 0 Å². The maximum atomic E-state index is 13.4. The van der Waals surface area contributed by atoms with E-state index in [9.17, 15) is 9.59 Å². The van der Waals surface area contributed by atoms with Crippen LogP contribution in [-0.4, -0.2) is 64.8 Å². The average molecular weight is 920 g/mol. The maximum absolute atomic E-state index is 13.4. The average Bonchev–Trinajstić information content (AvgIpc) is 3.65. The van der Waals surface area contributed by atoms with E-state index in [4.69, 9.17) is 36.0 Å². The summed E-state index contributed by atoms with van der Waals surface area (Å²) < 4.78 is 13.4. The summed E-state index contributed by atoms with van der Waals surface area (Å²) in [6.07, 6.45) is 0.290. The molecule has 14 heteroatoms. The van der Waals surface area contributed by atoms with Crippen LogP contribution in [0.1, 0.15) is 58.4 Å². The first-order chi connectivity index (χ1) is 30.7. The Morgan fingerprint density at radius 2 is 1.03 bits per heavy atom. The van der Waals surface area contributed by atoms with Gasteiger partial charge in [0.2, 0.25) is 0 Å². The van der Waals surface area contributed by atoms with Crippen LogP contribution in [0.25, 0.3) is 11.1 Å². The largest absolute Gasteiger partial charge is 0.488 e. The Kier molecular flexibility index (Phi) is 12.2. The third-order valence-electron chi connectivity index (χ3n) is 12.0. The highest BCUT2D eigenvalue weighted by Gasteiger charge is 2.55. The van der Waals surface area contributed by atoms with Gasteiger partial charge in [-0.1, -0.05) is 142 Å². The number of hydrogen-bond donors (Lipinski definition) is 4. The Balaban J connectivity index is 0.000000147. The van der Waals surface area contributed by atoms with Gasteiger partial charge in [-0.2, -0.15) is 0 Å². The molecule has 4 aliphatic heterocycles. The van der Waals surface area contributed by atoms with Gasteiger partial charge in [0.15, 0.2) is 23.0 Å². The fourth-order valence-corrected chi connectivity index (χ4v) is 8.78. The Morgan fingerprint density at radius 1 is 0.609 bits per heavy atom. The van der Waals surface area contributed by atoms with Crippen molar-refractivity contribution in [1.29, 1.82) is 0 Å². The first-order valence-corrected chi connectivity index (χ1v) is 21.6. The summed E-state index contributed by atoms with van der Waals surface area (Å²) in [6, 6.07) is 46.9. The summed E-state index contributed by atoms with van der Waals surface area (Å²) in [4.78, 5) is 38.5. The number of nitrogens with zero attached hydrogens (tertiary/aromatic N) is 4. The highest BCUT2D eigenvalue weighted by Crippen LogP contribution is 2.52. The van der Waals surface area contributed by atoms with Crippen LogP contribution in [0.4, 0.5) is 0 Å². The summed E-state index contributed by atoms with van der Waals surface area (Å²) in [5.74, 6) is 1.57. The van der Waals surface area contributed by atoms with E-state index in [1.807, 2.05) is 116 Å². The number of guanidine groups is 2. The van der Waals surface area contributed by atoms with Gasteiger partial charge >= 0.3 is 7.12 Å². The van der Waals surface area contributed by atoms with Gasteiger partial charge in [0, 0.05) is 42.5 Å². The third kappa shape index (κ3) is 8.39. The van der Waals surface area contributed by atoms with Crippen LogP contribution in [0, 0.1) is 13.8 Å². The number of carbonyl (C=O) groups excluding carboxylic acids is 2. The van der Waals surface area contributed by atoms with Crippen molar-refractivity contribution in [2.75, 3.05) is 14.1 Å². The standard InChI is InChI=1S/C25H23N3O2.C18H16BrN3O2.C7H9BO2/c1-16-8-10-17(11-9-16)19-12-13-21-20(14-19)25(23(29)28(2)24(26)27-25)15-22(30-21)18-6-4-3-5-7-18;1-22-16(23)18(21-17(22)20)10-15(11-5-3-2-4-6-11)24-14-8-7-12(19)9-13(14)18;1-6-2-4-7(5-3-6)8(9)10/h3-14,22H,15H2,1-2H3,(H2,26,27);2-9,15H,10H2,1H3,(H2,20,21);2-5,9-10H,1H3. The lowest BCUT2D eigenvalue weighted by Crippen LogP contribution is -2.43. The molecule has 6 N–H and O–H groups in total. The van der Waals surface area contributed by atoms with Crippen LogP contribution in [0.5, 0.6) is 11.5 Å². The quantitative estimate of drug-likeness (QED) is 0.140. The van der Waals surface area contributed by atoms with E-state index in [1.165, 1.54) is 15.4 Å². The number of benzene rings is 6. The molecule has 4 heterocycles. The van der Waals surface area contributed by atoms with Crippen LogP contribution >= 0.6 is 15.9 Å². The lowest BCUT2D eigenvalue weighted by atomic mass is 9.79. The molecule has 2 spiro atoms. The van der Waals surface area contributed by atoms with Crippen molar-refractivity contribution in [1.82, 2.24) is 9.80 Å². The Morgan fingerprint density at radius 3 is 1.47 bits per heavy atom. The zero-order valence-electron chi connectivity index (χ0n) is 35.9. The molecule has 0 fully saturated rings. The summed E-state index contributed by atoms with van der Waals surface area (Å²) in [7, 11) is 1.98. The molecule has 2 amide bonds. The number of rotatable bonds is 4. The molecule has 6 aromatic carbocycles. The molecule has 324 valence electrons. The highest BCUT2D eigenvalue weighted by atomic mass is 79.9. The summed E-state index contributed by atoms with van der Waals surface area (Å²) >= 11 is 3.47. The lowest BCUT2D eigenvalue weighted by Gasteiger charge is -2.37. The number of likely N-dealkylation sites (N-methyl/N-ethyl adjacent to an activating group) is 2. The summed E-state index contributed by atoms with van der Waals surface area (Å²) in [5, 5.41) is 17.3. The molecular formula is C50H48BBrN6O6. The molecule has 4 atom stereocenters. The van der Waals surface area contributed by atoms with Crippen LogP contribution in [0.3, 0.4) is 0 Å². The number of carbonyl (C=O) groups is 2. The number of fused-ring (bicyclic) bond motifs is 4. The SMILES string of the molecule is CN1C(=O)C2(CC(c3ccccc3)Oc3ccc(Br)cc32)N=C1N.Cc1ccc(-c2ccc3c(c2)C2(CC(c4ccccc4)O3)N=C(N)N(C)C2=O)cc1.Cc1ccc(B(O)O)cc1. The van der Waals surface area contributed by atoms with Crippen molar-refractivity contribution in [3.05, 3.63) is 183 Å². The normalized spacial score (nSPS) is 21.6. The first-order valence-electron chi connectivity index (χ1n) is 20.8. The molecule has 10 rings (SSSR count). The summed E-state index contributed by atoms with van der Waals surface area (Å²) in [5.41, 5.74) is 18.4. The van der Waals surface area contributed by atoms with Crippen molar-refractivity contribution in [2.24, 2.45) is 21.5 Å². The number of halogens is 1. The topological polar surface area (TPSA) is 176 Å². The van der Waals surface area contributed by atoms with Gasteiger partial charge in [-0.05, 0) is 71.9 Å². The van der Waals surface area contributed by atoms with Crippen molar-refractivity contribution in [2.45, 2.75) is 50.0 Å². The number of ether oxygens (including phenoxy) is 2.